The second-order valence-electron chi connectivity index (χ2n) is 7.40. The van der Waals surface area contributed by atoms with Crippen molar-refractivity contribution in [2.75, 3.05) is 0 Å². The molecule has 3 nitrogen and oxygen atoms in total. The van der Waals surface area contributed by atoms with Crippen molar-refractivity contribution in [3.8, 4) is 0 Å². The van der Waals surface area contributed by atoms with Crippen LogP contribution < -0.4 is 5.73 Å². The van der Waals surface area contributed by atoms with Gasteiger partial charge >= 0.3 is 0 Å². The highest BCUT2D eigenvalue weighted by atomic mass is 32.2. The van der Waals surface area contributed by atoms with Gasteiger partial charge < -0.3 is 4.74 Å². The number of thioether (sulfide) groups is 1. The van der Waals surface area contributed by atoms with E-state index in [4.69, 9.17) is 10.5 Å². The standard InChI is InChI=1S/C19H23NO2S/c1-18(2,3)19(4,20)22-13-10-15(21)14-9-12-7-5-6-8-16(12)23-17(14)11-13/h5-8,11H,9-10,20H2,1-4H3. The third-order valence-electron chi connectivity index (χ3n) is 4.65. The summed E-state index contributed by atoms with van der Waals surface area (Å²) in [6, 6.07) is 8.23. The summed E-state index contributed by atoms with van der Waals surface area (Å²) in [7, 11) is 0. The quantitative estimate of drug-likeness (QED) is 0.827. The van der Waals surface area contributed by atoms with Crippen LogP contribution in [0.4, 0.5) is 0 Å². The number of hydrogen-bond acceptors (Lipinski definition) is 4. The summed E-state index contributed by atoms with van der Waals surface area (Å²) in [5.74, 6) is 0.810. The number of ketones is 1. The number of benzene rings is 1. The summed E-state index contributed by atoms with van der Waals surface area (Å²) in [4.78, 5) is 14.8. The largest absolute Gasteiger partial charge is 0.477 e. The first-order valence-electron chi connectivity index (χ1n) is 7.88. The zero-order valence-electron chi connectivity index (χ0n) is 14.1. The number of carbonyl (C=O) groups is 1. The fraction of sp³-hybridized carbons (Fsp3) is 0.421. The van der Waals surface area contributed by atoms with E-state index in [-0.39, 0.29) is 11.2 Å². The molecule has 0 fully saturated rings. The van der Waals surface area contributed by atoms with E-state index >= 15 is 0 Å². The summed E-state index contributed by atoms with van der Waals surface area (Å²) in [6.07, 6.45) is 3.00. The highest BCUT2D eigenvalue weighted by molar-refractivity contribution is 8.03. The molecule has 1 aliphatic carbocycles. The Kier molecular flexibility index (Phi) is 3.93. The maximum absolute atomic E-state index is 12.6. The molecule has 1 unspecified atom stereocenters. The van der Waals surface area contributed by atoms with Gasteiger partial charge in [-0.3, -0.25) is 10.5 Å². The molecule has 1 aliphatic heterocycles. The molecular weight excluding hydrogens is 306 g/mol. The van der Waals surface area contributed by atoms with Crippen molar-refractivity contribution in [2.24, 2.45) is 11.1 Å². The highest BCUT2D eigenvalue weighted by Crippen LogP contribution is 2.43. The molecule has 0 radical (unpaired) electrons. The average Bonchev–Trinajstić information content (AvgIpc) is 2.44. The second-order valence-corrected chi connectivity index (χ2v) is 8.48. The van der Waals surface area contributed by atoms with Crippen LogP contribution in [0, 0.1) is 5.41 Å². The molecular formula is C19H23NO2S. The third-order valence-corrected chi connectivity index (χ3v) is 5.86. The van der Waals surface area contributed by atoms with Crippen LogP contribution in [0.2, 0.25) is 0 Å². The van der Waals surface area contributed by atoms with Crippen molar-refractivity contribution in [2.45, 2.75) is 51.2 Å². The van der Waals surface area contributed by atoms with E-state index in [9.17, 15) is 4.79 Å². The Morgan fingerprint density at radius 1 is 1.13 bits per heavy atom. The lowest BCUT2D eigenvalue weighted by Crippen LogP contribution is -2.51. The van der Waals surface area contributed by atoms with E-state index < -0.39 is 5.72 Å². The molecule has 4 heteroatoms. The SMILES string of the molecule is CC(C)(C)C(C)(N)OC1=CC2=C(Cc3ccccc3S2)C(=O)C1. The zero-order chi connectivity index (χ0) is 16.8. The number of ether oxygens (including phenoxy) is 1. The molecule has 1 heterocycles. The lowest BCUT2D eigenvalue weighted by atomic mass is 9.84. The van der Waals surface area contributed by atoms with Crippen molar-refractivity contribution in [3.63, 3.8) is 0 Å². The smallest absolute Gasteiger partial charge is 0.167 e. The number of allylic oxidation sites excluding steroid dienone is 3. The molecule has 2 aliphatic rings. The van der Waals surface area contributed by atoms with Crippen LogP contribution >= 0.6 is 11.8 Å². The molecule has 1 aromatic carbocycles. The Balaban J connectivity index is 1.89. The number of hydrogen-bond donors (Lipinski definition) is 1. The van der Waals surface area contributed by atoms with Crippen LogP contribution in [0.25, 0.3) is 0 Å². The molecule has 0 aromatic heterocycles. The maximum atomic E-state index is 12.6. The van der Waals surface area contributed by atoms with E-state index in [1.165, 1.54) is 10.5 Å². The summed E-state index contributed by atoms with van der Waals surface area (Å²) in [6.45, 7) is 7.98. The highest BCUT2D eigenvalue weighted by Gasteiger charge is 2.38. The van der Waals surface area contributed by atoms with Gasteiger partial charge in [-0.2, -0.15) is 0 Å². The first-order valence-corrected chi connectivity index (χ1v) is 8.69. The van der Waals surface area contributed by atoms with Crippen LogP contribution in [-0.2, 0) is 16.0 Å². The van der Waals surface area contributed by atoms with E-state index in [1.54, 1.807) is 11.8 Å². The third kappa shape index (κ3) is 3.10. The van der Waals surface area contributed by atoms with Crippen LogP contribution in [0.5, 0.6) is 0 Å². The predicted octanol–water partition coefficient (Wildman–Crippen LogP) is 4.18. The molecule has 1 aromatic rings. The number of fused-ring (bicyclic) bond motifs is 1. The molecule has 0 bridgehead atoms. The summed E-state index contributed by atoms with van der Waals surface area (Å²) in [5.41, 5.74) is 7.39. The van der Waals surface area contributed by atoms with Crippen LogP contribution in [-0.4, -0.2) is 11.5 Å². The Morgan fingerprint density at radius 2 is 1.83 bits per heavy atom. The molecule has 0 amide bonds. The van der Waals surface area contributed by atoms with Gasteiger partial charge in [0.1, 0.15) is 5.76 Å². The minimum atomic E-state index is -0.825. The first kappa shape index (κ1) is 16.3. The van der Waals surface area contributed by atoms with E-state index in [0.717, 1.165) is 10.5 Å². The Bertz CT molecular complexity index is 723. The molecule has 0 saturated carbocycles. The van der Waals surface area contributed by atoms with Gasteiger partial charge in [0.15, 0.2) is 11.5 Å². The molecule has 23 heavy (non-hydrogen) atoms. The average molecular weight is 329 g/mol. The summed E-state index contributed by atoms with van der Waals surface area (Å²) in [5, 5.41) is 0. The normalized spacial score (nSPS) is 20.4. The van der Waals surface area contributed by atoms with Crippen molar-refractivity contribution in [3.05, 3.63) is 52.1 Å². The molecule has 1 atom stereocenters. The number of nitrogens with two attached hydrogens (primary N) is 1. The summed E-state index contributed by atoms with van der Waals surface area (Å²) < 4.78 is 6.02. The Labute approximate surface area is 142 Å². The predicted molar refractivity (Wildman–Crippen MR) is 93.9 cm³/mol. The zero-order valence-corrected chi connectivity index (χ0v) is 14.9. The fourth-order valence-electron chi connectivity index (χ4n) is 2.51. The van der Waals surface area contributed by atoms with Gasteiger partial charge in [-0.25, -0.2) is 0 Å². The lowest BCUT2D eigenvalue weighted by Gasteiger charge is -2.39. The van der Waals surface area contributed by atoms with Crippen molar-refractivity contribution in [1.82, 2.24) is 0 Å². The van der Waals surface area contributed by atoms with Gasteiger partial charge in [0.05, 0.1) is 6.42 Å². The number of Topliss-reactive ketones (excluding diaryl/α,β-unsaturated/α-hetero) is 1. The Hall–Kier alpha value is -1.52. The van der Waals surface area contributed by atoms with E-state index in [1.807, 2.05) is 45.9 Å². The van der Waals surface area contributed by atoms with E-state index in [0.29, 0.717) is 18.6 Å². The minimum Gasteiger partial charge on any atom is -0.477 e. The van der Waals surface area contributed by atoms with Crippen LogP contribution in [0.1, 0.15) is 39.7 Å². The van der Waals surface area contributed by atoms with Gasteiger partial charge in [0, 0.05) is 27.2 Å². The van der Waals surface area contributed by atoms with Gasteiger partial charge in [0.2, 0.25) is 0 Å². The van der Waals surface area contributed by atoms with Crippen LogP contribution in [0.3, 0.4) is 0 Å². The number of rotatable bonds is 2. The molecule has 0 spiro atoms. The van der Waals surface area contributed by atoms with Crippen molar-refractivity contribution >= 4 is 17.5 Å². The maximum Gasteiger partial charge on any atom is 0.167 e. The van der Waals surface area contributed by atoms with Gasteiger partial charge in [-0.1, -0.05) is 50.7 Å². The molecule has 3 rings (SSSR count). The summed E-state index contributed by atoms with van der Waals surface area (Å²) >= 11 is 1.64. The van der Waals surface area contributed by atoms with Crippen LogP contribution in [0.15, 0.2) is 51.5 Å². The van der Waals surface area contributed by atoms with E-state index in [2.05, 4.69) is 12.1 Å². The molecule has 122 valence electrons. The number of carbonyl (C=O) groups excluding carboxylic acids is 1. The van der Waals surface area contributed by atoms with Gasteiger partial charge in [0.25, 0.3) is 0 Å². The second kappa shape index (κ2) is 5.53. The first-order chi connectivity index (χ1) is 10.7. The van der Waals surface area contributed by atoms with Gasteiger partial charge in [-0.05, 0) is 24.6 Å². The molecule has 2 N–H and O–H groups in total. The van der Waals surface area contributed by atoms with Crippen molar-refractivity contribution in [1.29, 1.82) is 0 Å². The van der Waals surface area contributed by atoms with Crippen molar-refractivity contribution < 1.29 is 9.53 Å². The fourth-order valence-corrected chi connectivity index (χ4v) is 3.67. The topological polar surface area (TPSA) is 52.3 Å². The monoisotopic (exact) mass is 329 g/mol. The van der Waals surface area contributed by atoms with Gasteiger partial charge in [-0.15, -0.1) is 0 Å². The molecule has 0 saturated heterocycles. The minimum absolute atomic E-state index is 0.143. The lowest BCUT2D eigenvalue weighted by molar-refractivity contribution is -0.118. The Morgan fingerprint density at radius 3 is 2.52 bits per heavy atom.